The monoisotopic (exact) mass is 307 g/mol. The third-order valence-corrected chi connectivity index (χ3v) is 5.49. The minimum absolute atomic E-state index is 0.250. The van der Waals surface area contributed by atoms with Crippen LogP contribution in [0.25, 0.3) is 0 Å². The summed E-state index contributed by atoms with van der Waals surface area (Å²) in [6, 6.07) is 32.3. The molecule has 0 aliphatic rings. The van der Waals surface area contributed by atoms with Gasteiger partial charge < -0.3 is 5.73 Å². The average molecular weight is 307 g/mol. The fourth-order valence-electron chi connectivity index (χ4n) is 2.18. The summed E-state index contributed by atoms with van der Waals surface area (Å²) in [5.74, 6) is 0. The molecule has 1 amide bonds. The smallest absolute Gasteiger partial charge is 0.204 e. The summed E-state index contributed by atoms with van der Waals surface area (Å²) in [7, 11) is -0.446. The van der Waals surface area contributed by atoms with Gasteiger partial charge in [-0.15, -0.1) is 0 Å². The summed E-state index contributed by atoms with van der Waals surface area (Å²) in [6.45, 7) is 0. The lowest BCUT2D eigenvalue weighted by atomic mass is 10.4. The molecule has 0 bridgehead atoms. The molecular formula is C19H18NOP. The zero-order valence-electron chi connectivity index (χ0n) is 12.2. The predicted octanol–water partition coefficient (Wildman–Crippen LogP) is 2.55. The summed E-state index contributed by atoms with van der Waals surface area (Å²) in [5, 5.41) is 4.19. The SMILES string of the molecule is NC=O.c1ccc(P(c2ccccc2)c2ccccc2)cc1. The number of carbonyl (C=O) groups is 1. The van der Waals surface area contributed by atoms with E-state index < -0.39 is 7.92 Å². The van der Waals surface area contributed by atoms with Gasteiger partial charge >= 0.3 is 0 Å². The molecule has 2 nitrogen and oxygen atoms in total. The van der Waals surface area contributed by atoms with Gasteiger partial charge in [0.2, 0.25) is 6.41 Å². The molecule has 22 heavy (non-hydrogen) atoms. The Bertz CT molecular complexity index is 578. The maximum atomic E-state index is 8.58. The lowest BCUT2D eigenvalue weighted by molar-refractivity contribution is -0.106. The molecule has 3 aromatic rings. The minimum Gasteiger partial charge on any atom is -0.372 e. The van der Waals surface area contributed by atoms with Gasteiger partial charge in [-0.3, -0.25) is 4.79 Å². The van der Waals surface area contributed by atoms with Crippen LogP contribution in [-0.4, -0.2) is 6.41 Å². The van der Waals surface area contributed by atoms with Gasteiger partial charge in [0, 0.05) is 0 Å². The number of carbonyl (C=O) groups excluding carboxylic acids is 1. The van der Waals surface area contributed by atoms with Crippen molar-refractivity contribution in [2.24, 2.45) is 5.73 Å². The third-order valence-electron chi connectivity index (χ3n) is 3.04. The van der Waals surface area contributed by atoms with Crippen LogP contribution >= 0.6 is 7.92 Å². The molecule has 0 atom stereocenters. The van der Waals surface area contributed by atoms with Gasteiger partial charge in [-0.05, 0) is 23.8 Å². The fraction of sp³-hybridized carbons (Fsp3) is 0. The first-order valence-electron chi connectivity index (χ1n) is 6.97. The summed E-state index contributed by atoms with van der Waals surface area (Å²) < 4.78 is 0. The molecule has 0 aliphatic carbocycles. The Morgan fingerprint density at radius 2 is 0.818 bits per heavy atom. The summed E-state index contributed by atoms with van der Waals surface area (Å²) in [6.07, 6.45) is 0.250. The van der Waals surface area contributed by atoms with Gasteiger partial charge in [0.25, 0.3) is 0 Å². The van der Waals surface area contributed by atoms with E-state index in [1.807, 2.05) is 0 Å². The molecule has 0 saturated heterocycles. The number of rotatable bonds is 3. The van der Waals surface area contributed by atoms with Crippen LogP contribution in [0, 0.1) is 0 Å². The second kappa shape index (κ2) is 8.76. The molecule has 3 aromatic carbocycles. The van der Waals surface area contributed by atoms with E-state index in [2.05, 4.69) is 96.7 Å². The number of hydrogen-bond donors (Lipinski definition) is 1. The van der Waals surface area contributed by atoms with Gasteiger partial charge in [0.15, 0.2) is 0 Å². The van der Waals surface area contributed by atoms with Gasteiger partial charge in [-0.1, -0.05) is 91.0 Å². The van der Waals surface area contributed by atoms with Gasteiger partial charge in [0.1, 0.15) is 0 Å². The molecule has 2 N–H and O–H groups in total. The van der Waals surface area contributed by atoms with Gasteiger partial charge in [-0.25, -0.2) is 0 Å². The van der Waals surface area contributed by atoms with E-state index in [1.54, 1.807) is 0 Å². The molecule has 0 spiro atoms. The van der Waals surface area contributed by atoms with E-state index in [9.17, 15) is 0 Å². The van der Waals surface area contributed by atoms with Crippen molar-refractivity contribution in [3.8, 4) is 0 Å². The number of benzene rings is 3. The van der Waals surface area contributed by atoms with Gasteiger partial charge in [0.05, 0.1) is 0 Å². The number of amides is 1. The summed E-state index contributed by atoms with van der Waals surface area (Å²) in [4.78, 5) is 8.58. The molecule has 3 rings (SSSR count). The van der Waals surface area contributed by atoms with Crippen molar-refractivity contribution >= 4 is 30.2 Å². The highest BCUT2D eigenvalue weighted by atomic mass is 31.1. The normalized spacial score (nSPS) is 9.68. The van der Waals surface area contributed by atoms with E-state index in [4.69, 9.17) is 4.79 Å². The largest absolute Gasteiger partial charge is 0.372 e. The quantitative estimate of drug-likeness (QED) is 0.586. The van der Waals surface area contributed by atoms with Crippen molar-refractivity contribution < 1.29 is 4.79 Å². The average Bonchev–Trinajstić information content (AvgIpc) is 2.59. The zero-order valence-corrected chi connectivity index (χ0v) is 13.1. The van der Waals surface area contributed by atoms with Crippen molar-refractivity contribution in [1.29, 1.82) is 0 Å². The Balaban J connectivity index is 0.000000545. The molecular weight excluding hydrogens is 289 g/mol. The summed E-state index contributed by atoms with van der Waals surface area (Å²) in [5.41, 5.74) is 4.17. The third kappa shape index (κ3) is 4.28. The van der Waals surface area contributed by atoms with Crippen LogP contribution in [0.15, 0.2) is 91.0 Å². The van der Waals surface area contributed by atoms with Gasteiger partial charge in [-0.2, -0.15) is 0 Å². The summed E-state index contributed by atoms with van der Waals surface area (Å²) >= 11 is 0. The van der Waals surface area contributed by atoms with E-state index in [1.165, 1.54) is 15.9 Å². The van der Waals surface area contributed by atoms with Crippen molar-refractivity contribution in [2.75, 3.05) is 0 Å². The first kappa shape index (κ1) is 15.9. The number of primary amides is 1. The second-order valence-corrected chi connectivity index (χ2v) is 6.70. The number of hydrogen-bond acceptors (Lipinski definition) is 1. The highest BCUT2D eigenvalue weighted by Crippen LogP contribution is 2.32. The fourth-order valence-corrected chi connectivity index (χ4v) is 4.48. The van der Waals surface area contributed by atoms with Crippen LogP contribution in [0.1, 0.15) is 0 Å². The molecule has 0 aromatic heterocycles. The lowest BCUT2D eigenvalue weighted by Crippen LogP contribution is -2.20. The first-order chi connectivity index (χ1) is 10.9. The zero-order chi connectivity index (χ0) is 15.6. The molecule has 0 aliphatic heterocycles. The van der Waals surface area contributed by atoms with Crippen LogP contribution in [-0.2, 0) is 4.79 Å². The molecule has 0 saturated carbocycles. The van der Waals surface area contributed by atoms with Crippen molar-refractivity contribution in [2.45, 2.75) is 0 Å². The van der Waals surface area contributed by atoms with Crippen molar-refractivity contribution in [3.05, 3.63) is 91.0 Å². The topological polar surface area (TPSA) is 43.1 Å². The lowest BCUT2D eigenvalue weighted by Gasteiger charge is -2.18. The molecule has 0 heterocycles. The van der Waals surface area contributed by atoms with E-state index in [0.29, 0.717) is 0 Å². The van der Waals surface area contributed by atoms with Crippen LogP contribution in [0.2, 0.25) is 0 Å². The Morgan fingerprint density at radius 3 is 1.05 bits per heavy atom. The van der Waals surface area contributed by atoms with Crippen LogP contribution in [0.5, 0.6) is 0 Å². The van der Waals surface area contributed by atoms with Crippen LogP contribution in [0.3, 0.4) is 0 Å². The Kier molecular flexibility index (Phi) is 6.35. The molecule has 0 fully saturated rings. The first-order valence-corrected chi connectivity index (χ1v) is 8.31. The molecule has 110 valence electrons. The molecule has 0 radical (unpaired) electrons. The highest BCUT2D eigenvalue weighted by molar-refractivity contribution is 7.79. The number of nitrogens with two attached hydrogens (primary N) is 1. The Hall–Kier alpha value is -2.44. The Morgan fingerprint density at radius 1 is 0.591 bits per heavy atom. The second-order valence-electron chi connectivity index (χ2n) is 4.48. The standard InChI is InChI=1S/C18H15P.CH3NO/c1-4-10-16(11-5-1)19(17-12-6-2-7-13-17)18-14-8-3-9-15-18;2-1-3/h1-15H;1H,(H2,2,3). The van der Waals surface area contributed by atoms with Crippen LogP contribution in [0.4, 0.5) is 0 Å². The highest BCUT2D eigenvalue weighted by Gasteiger charge is 2.14. The molecule has 0 unspecified atom stereocenters. The van der Waals surface area contributed by atoms with Crippen molar-refractivity contribution in [1.82, 2.24) is 0 Å². The van der Waals surface area contributed by atoms with Crippen molar-refractivity contribution in [3.63, 3.8) is 0 Å². The van der Waals surface area contributed by atoms with Crippen LogP contribution < -0.4 is 21.6 Å². The maximum absolute atomic E-state index is 8.58. The van der Waals surface area contributed by atoms with E-state index in [0.717, 1.165) is 0 Å². The molecule has 3 heteroatoms. The minimum atomic E-state index is -0.446. The van der Waals surface area contributed by atoms with E-state index in [-0.39, 0.29) is 6.41 Å². The van der Waals surface area contributed by atoms with E-state index >= 15 is 0 Å². The Labute approximate surface area is 132 Å². The predicted molar refractivity (Wildman–Crippen MR) is 95.4 cm³/mol. The maximum Gasteiger partial charge on any atom is 0.204 e.